The summed E-state index contributed by atoms with van der Waals surface area (Å²) in [4.78, 5) is 12.7. The largest absolute Gasteiger partial charge is 0.497 e. The average Bonchev–Trinajstić information content (AvgIpc) is 3.01. The molecule has 0 saturated heterocycles. The Morgan fingerprint density at radius 2 is 1.93 bits per heavy atom. The Kier molecular flexibility index (Phi) is 6.63. The maximum absolute atomic E-state index is 12.7. The van der Waals surface area contributed by atoms with Crippen LogP contribution in [0.25, 0.3) is 11.8 Å². The van der Waals surface area contributed by atoms with Gasteiger partial charge in [-0.15, -0.1) is 0 Å². The second kappa shape index (κ2) is 9.18. The number of amides is 1. The fourth-order valence-electron chi connectivity index (χ4n) is 3.30. The number of carbonyl (C=O) groups is 1. The Balaban J connectivity index is 1.93. The number of aromatic nitrogens is 1. The first-order chi connectivity index (χ1) is 14.3. The monoisotopic (exact) mass is 511 g/mol. The lowest BCUT2D eigenvalue weighted by molar-refractivity contribution is -0.112. The van der Waals surface area contributed by atoms with Crippen molar-refractivity contribution in [2.75, 3.05) is 12.4 Å². The molecule has 0 atom stereocenters. The minimum Gasteiger partial charge on any atom is -0.497 e. The SMILES string of the molecule is COc1cccc(NC(=O)/C(C#N)=C\c2cc(C)n(-c3ccc(I)c(C)c3)c2C)c1. The van der Waals surface area contributed by atoms with E-state index in [1.165, 1.54) is 9.13 Å². The zero-order chi connectivity index (χ0) is 21.8. The first-order valence-corrected chi connectivity index (χ1v) is 10.4. The molecule has 1 amide bonds. The Hall–Kier alpha value is -3.05. The Morgan fingerprint density at radius 3 is 2.60 bits per heavy atom. The van der Waals surface area contributed by atoms with Gasteiger partial charge in [0.1, 0.15) is 17.4 Å². The van der Waals surface area contributed by atoms with Crippen LogP contribution in [0.2, 0.25) is 0 Å². The number of anilines is 1. The summed E-state index contributed by atoms with van der Waals surface area (Å²) >= 11 is 2.32. The number of nitriles is 1. The highest BCUT2D eigenvalue weighted by Crippen LogP contribution is 2.25. The number of aryl methyl sites for hydroxylation is 2. The van der Waals surface area contributed by atoms with Gasteiger partial charge in [-0.3, -0.25) is 4.79 Å². The van der Waals surface area contributed by atoms with Crippen LogP contribution >= 0.6 is 22.6 Å². The van der Waals surface area contributed by atoms with E-state index in [0.29, 0.717) is 11.4 Å². The molecular weight excluding hydrogens is 489 g/mol. The van der Waals surface area contributed by atoms with Gasteiger partial charge in [-0.2, -0.15) is 5.26 Å². The van der Waals surface area contributed by atoms with E-state index in [-0.39, 0.29) is 5.57 Å². The summed E-state index contributed by atoms with van der Waals surface area (Å²) in [5.41, 5.74) is 5.70. The van der Waals surface area contributed by atoms with Crippen LogP contribution in [-0.4, -0.2) is 17.6 Å². The normalized spacial score (nSPS) is 11.1. The van der Waals surface area contributed by atoms with Crippen LogP contribution in [0.4, 0.5) is 5.69 Å². The van der Waals surface area contributed by atoms with Gasteiger partial charge in [-0.05, 0) is 97.0 Å². The van der Waals surface area contributed by atoms with Crippen molar-refractivity contribution in [1.82, 2.24) is 4.57 Å². The molecule has 0 aliphatic heterocycles. The summed E-state index contributed by atoms with van der Waals surface area (Å²) in [5.74, 6) is 0.173. The lowest BCUT2D eigenvalue weighted by Gasteiger charge is -2.11. The van der Waals surface area contributed by atoms with Gasteiger partial charge >= 0.3 is 0 Å². The number of carbonyl (C=O) groups excluding carboxylic acids is 1. The molecule has 1 N–H and O–H groups in total. The summed E-state index contributed by atoms with van der Waals surface area (Å²) in [6.45, 7) is 6.08. The van der Waals surface area contributed by atoms with Crippen LogP contribution in [-0.2, 0) is 4.79 Å². The third kappa shape index (κ3) is 4.57. The molecule has 3 rings (SSSR count). The molecule has 0 bridgehead atoms. The minimum atomic E-state index is -0.458. The van der Waals surface area contributed by atoms with Crippen LogP contribution in [0.3, 0.4) is 0 Å². The summed E-state index contributed by atoms with van der Waals surface area (Å²) in [7, 11) is 1.56. The molecule has 0 fully saturated rings. The number of nitrogens with zero attached hydrogens (tertiary/aromatic N) is 2. The number of rotatable bonds is 5. The number of hydrogen-bond donors (Lipinski definition) is 1. The van der Waals surface area contributed by atoms with Crippen molar-refractivity contribution in [3.8, 4) is 17.5 Å². The van der Waals surface area contributed by atoms with E-state index in [1.807, 2.05) is 26.0 Å². The van der Waals surface area contributed by atoms with Crippen LogP contribution in [0, 0.1) is 35.7 Å². The van der Waals surface area contributed by atoms with E-state index < -0.39 is 5.91 Å². The quantitative estimate of drug-likeness (QED) is 0.277. The van der Waals surface area contributed by atoms with E-state index in [0.717, 1.165) is 22.6 Å². The van der Waals surface area contributed by atoms with Gasteiger partial charge in [0.25, 0.3) is 5.91 Å². The molecule has 30 heavy (non-hydrogen) atoms. The lowest BCUT2D eigenvalue weighted by Crippen LogP contribution is -2.13. The van der Waals surface area contributed by atoms with Gasteiger partial charge in [0.05, 0.1) is 7.11 Å². The van der Waals surface area contributed by atoms with Crippen molar-refractivity contribution in [3.63, 3.8) is 0 Å². The van der Waals surface area contributed by atoms with Gasteiger partial charge in [-0.25, -0.2) is 0 Å². The van der Waals surface area contributed by atoms with E-state index in [1.54, 1.807) is 37.5 Å². The first kappa shape index (κ1) is 21.7. The maximum atomic E-state index is 12.7. The molecule has 2 aromatic carbocycles. The van der Waals surface area contributed by atoms with Gasteiger partial charge < -0.3 is 14.6 Å². The van der Waals surface area contributed by atoms with Crippen molar-refractivity contribution in [2.45, 2.75) is 20.8 Å². The Bertz CT molecular complexity index is 1190. The molecule has 0 aliphatic rings. The van der Waals surface area contributed by atoms with Gasteiger partial charge in [0, 0.05) is 32.4 Å². The van der Waals surface area contributed by atoms with Crippen LogP contribution in [0.15, 0.2) is 54.1 Å². The first-order valence-electron chi connectivity index (χ1n) is 9.36. The van der Waals surface area contributed by atoms with Crippen LogP contribution < -0.4 is 10.1 Å². The minimum absolute atomic E-state index is 0.0388. The smallest absolute Gasteiger partial charge is 0.266 e. The molecule has 0 radical (unpaired) electrons. The predicted octanol–water partition coefficient (Wildman–Crippen LogP) is 5.56. The number of methoxy groups -OCH3 is 1. The third-order valence-electron chi connectivity index (χ3n) is 4.86. The van der Waals surface area contributed by atoms with Crippen molar-refractivity contribution < 1.29 is 9.53 Å². The van der Waals surface area contributed by atoms with Gasteiger partial charge in [0.15, 0.2) is 0 Å². The molecule has 0 aliphatic carbocycles. The highest BCUT2D eigenvalue weighted by atomic mass is 127. The molecule has 0 unspecified atom stereocenters. The highest BCUT2D eigenvalue weighted by molar-refractivity contribution is 14.1. The predicted molar refractivity (Wildman–Crippen MR) is 128 cm³/mol. The molecule has 0 spiro atoms. The number of hydrogen-bond acceptors (Lipinski definition) is 3. The molecule has 6 heteroatoms. The zero-order valence-corrected chi connectivity index (χ0v) is 19.4. The molecule has 152 valence electrons. The highest BCUT2D eigenvalue weighted by Gasteiger charge is 2.14. The summed E-state index contributed by atoms with van der Waals surface area (Å²) in [5, 5.41) is 12.3. The fourth-order valence-corrected chi connectivity index (χ4v) is 3.64. The molecule has 1 heterocycles. The van der Waals surface area contributed by atoms with Crippen molar-refractivity contribution in [1.29, 1.82) is 5.26 Å². The van der Waals surface area contributed by atoms with E-state index in [9.17, 15) is 10.1 Å². The topological polar surface area (TPSA) is 67.0 Å². The van der Waals surface area contributed by atoms with Crippen molar-refractivity contribution >= 4 is 40.3 Å². The third-order valence-corrected chi connectivity index (χ3v) is 6.07. The second-order valence-corrected chi connectivity index (χ2v) is 8.11. The van der Waals surface area contributed by atoms with E-state index in [4.69, 9.17) is 4.74 Å². The standard InChI is InChI=1S/C24H22IN3O2/c1-15-10-21(8-9-23(15)25)28-16(2)11-18(17(28)3)12-19(14-26)24(29)27-20-6-5-7-22(13-20)30-4/h5-13H,1-4H3,(H,27,29)/b19-12-. The van der Waals surface area contributed by atoms with E-state index >= 15 is 0 Å². The zero-order valence-electron chi connectivity index (χ0n) is 17.3. The van der Waals surface area contributed by atoms with Gasteiger partial charge in [-0.1, -0.05) is 6.07 Å². The molecule has 5 nitrogen and oxygen atoms in total. The van der Waals surface area contributed by atoms with Gasteiger partial charge in [0.2, 0.25) is 0 Å². The Labute approximate surface area is 190 Å². The van der Waals surface area contributed by atoms with Crippen molar-refractivity contribution in [3.05, 3.63) is 80.2 Å². The van der Waals surface area contributed by atoms with Crippen molar-refractivity contribution in [2.24, 2.45) is 0 Å². The summed E-state index contributed by atoms with van der Waals surface area (Å²) in [6, 6.07) is 17.3. The summed E-state index contributed by atoms with van der Waals surface area (Å²) in [6.07, 6.45) is 1.63. The Morgan fingerprint density at radius 1 is 1.17 bits per heavy atom. The number of nitrogens with one attached hydrogen (secondary N) is 1. The molecule has 1 aromatic heterocycles. The summed E-state index contributed by atoms with van der Waals surface area (Å²) < 4.78 is 8.51. The number of halogens is 1. The number of ether oxygens (including phenoxy) is 1. The fraction of sp³-hybridized carbons (Fsp3) is 0.167. The lowest BCUT2D eigenvalue weighted by atomic mass is 10.1. The second-order valence-electron chi connectivity index (χ2n) is 6.95. The van der Waals surface area contributed by atoms with E-state index in [2.05, 4.69) is 57.6 Å². The molecule has 0 saturated carbocycles. The van der Waals surface area contributed by atoms with Crippen LogP contribution in [0.1, 0.15) is 22.5 Å². The maximum Gasteiger partial charge on any atom is 0.266 e. The molecule has 3 aromatic rings. The molecular formula is C24H22IN3O2. The number of benzene rings is 2. The van der Waals surface area contributed by atoms with Crippen LogP contribution in [0.5, 0.6) is 5.75 Å². The average molecular weight is 511 g/mol.